The number of carbonyl (C=O) groups is 1. The summed E-state index contributed by atoms with van der Waals surface area (Å²) in [6, 6.07) is 1.30. The molecular weight excluding hydrogens is 493 g/mol. The smallest absolute Gasteiger partial charge is 0.421 e. The van der Waals surface area contributed by atoms with E-state index in [0.29, 0.717) is 23.2 Å². The number of anilines is 1. The lowest BCUT2D eigenvalue weighted by Crippen LogP contribution is -2.25. The largest absolute Gasteiger partial charge is 0.481 e. The molecule has 3 aromatic rings. The quantitative estimate of drug-likeness (QED) is 0.501. The molecule has 0 spiro atoms. The maximum atomic E-state index is 13.6. The molecule has 1 saturated heterocycles. The molecule has 0 aromatic carbocycles. The number of methoxy groups -OCH3 is 1. The van der Waals surface area contributed by atoms with Gasteiger partial charge in [-0.15, -0.1) is 0 Å². The van der Waals surface area contributed by atoms with Gasteiger partial charge in [0.05, 0.1) is 25.2 Å². The first-order chi connectivity index (χ1) is 16.2. The summed E-state index contributed by atoms with van der Waals surface area (Å²) in [5, 5.41) is 3.02. The first kappa shape index (κ1) is 24.3. The van der Waals surface area contributed by atoms with Gasteiger partial charge in [0.2, 0.25) is 5.88 Å². The molecule has 180 valence electrons. The van der Waals surface area contributed by atoms with Crippen molar-refractivity contribution < 1.29 is 22.7 Å². The minimum atomic E-state index is -4.65. The monoisotopic (exact) mass is 512 g/mol. The number of nitrogens with zero attached hydrogens (tertiary/aromatic N) is 5. The molecule has 4 rings (SSSR count). The standard InChI is InChI=1S/C21H20ClF3N6O2S/c1-11-4-3-5-31(11)10-15-17(12-6-13(21(23,24)25)19(33-2)28-7-12)29-20(34-15)30-18(32)14-8-27-16(22)9-26-14/h6-9,11H,3-5,10H2,1-2H3,(H,29,30,32). The summed E-state index contributed by atoms with van der Waals surface area (Å²) in [6.07, 6.45) is 1.17. The molecule has 34 heavy (non-hydrogen) atoms. The van der Waals surface area contributed by atoms with E-state index in [1.54, 1.807) is 0 Å². The Kier molecular flexibility index (Phi) is 7.01. The number of rotatable bonds is 6. The number of pyridine rings is 1. The van der Waals surface area contributed by atoms with Gasteiger partial charge in [0.25, 0.3) is 5.91 Å². The zero-order chi connectivity index (χ0) is 24.5. The van der Waals surface area contributed by atoms with Crippen LogP contribution < -0.4 is 10.1 Å². The zero-order valence-electron chi connectivity index (χ0n) is 18.2. The lowest BCUT2D eigenvalue weighted by atomic mass is 10.1. The lowest BCUT2D eigenvalue weighted by Gasteiger charge is -2.20. The third-order valence-corrected chi connectivity index (χ3v) is 6.58. The van der Waals surface area contributed by atoms with E-state index in [0.717, 1.165) is 32.6 Å². The van der Waals surface area contributed by atoms with Crippen LogP contribution in [0.2, 0.25) is 5.15 Å². The van der Waals surface area contributed by atoms with E-state index in [4.69, 9.17) is 16.3 Å². The lowest BCUT2D eigenvalue weighted by molar-refractivity contribution is -0.139. The molecule has 0 aliphatic carbocycles. The molecule has 3 aromatic heterocycles. The molecule has 1 N–H and O–H groups in total. The molecule has 4 heterocycles. The number of nitrogens with one attached hydrogen (secondary N) is 1. The van der Waals surface area contributed by atoms with Gasteiger partial charge in [0.1, 0.15) is 16.4 Å². The summed E-state index contributed by atoms with van der Waals surface area (Å²) in [6.45, 7) is 3.46. The third kappa shape index (κ3) is 5.29. The molecule has 0 radical (unpaired) electrons. The van der Waals surface area contributed by atoms with Crippen molar-refractivity contribution in [3.8, 4) is 17.1 Å². The van der Waals surface area contributed by atoms with Crippen molar-refractivity contribution in [2.75, 3.05) is 19.0 Å². The fraction of sp³-hybridized carbons (Fsp3) is 0.381. The fourth-order valence-electron chi connectivity index (χ4n) is 3.69. The van der Waals surface area contributed by atoms with Gasteiger partial charge in [0, 0.05) is 29.2 Å². The molecule has 1 atom stereocenters. The Morgan fingerprint density at radius 3 is 2.71 bits per heavy atom. The number of likely N-dealkylation sites (tertiary alicyclic amines) is 1. The second kappa shape index (κ2) is 9.80. The molecule has 8 nitrogen and oxygen atoms in total. The van der Waals surface area contributed by atoms with Crippen molar-refractivity contribution in [3.05, 3.63) is 45.9 Å². The average molecular weight is 513 g/mol. The predicted molar refractivity (Wildman–Crippen MR) is 121 cm³/mol. The molecule has 1 fully saturated rings. The highest BCUT2D eigenvalue weighted by Crippen LogP contribution is 2.39. The van der Waals surface area contributed by atoms with Crippen LogP contribution in [-0.4, -0.2) is 50.4 Å². The van der Waals surface area contributed by atoms with Crippen molar-refractivity contribution in [1.29, 1.82) is 0 Å². The summed E-state index contributed by atoms with van der Waals surface area (Å²) in [5.41, 5.74) is -0.468. The highest BCUT2D eigenvalue weighted by molar-refractivity contribution is 7.16. The van der Waals surface area contributed by atoms with Crippen molar-refractivity contribution in [1.82, 2.24) is 24.8 Å². The van der Waals surface area contributed by atoms with Gasteiger partial charge in [-0.1, -0.05) is 22.9 Å². The van der Waals surface area contributed by atoms with Crippen LogP contribution in [0.3, 0.4) is 0 Å². The van der Waals surface area contributed by atoms with Crippen LogP contribution in [0.1, 0.15) is 40.7 Å². The molecule has 1 unspecified atom stereocenters. The molecule has 1 aliphatic rings. The average Bonchev–Trinajstić information content (AvgIpc) is 3.39. The SMILES string of the molecule is COc1ncc(-c2nc(NC(=O)c3cnc(Cl)cn3)sc2CN2CCCC2C)cc1C(F)(F)F. The van der Waals surface area contributed by atoms with E-state index in [1.165, 1.54) is 29.9 Å². The number of carbonyl (C=O) groups excluding carboxylic acids is 1. The Bertz CT molecular complexity index is 1190. The van der Waals surface area contributed by atoms with E-state index in [-0.39, 0.29) is 21.5 Å². The van der Waals surface area contributed by atoms with Crippen molar-refractivity contribution in [2.45, 2.75) is 38.5 Å². The van der Waals surface area contributed by atoms with E-state index in [1.807, 2.05) is 0 Å². The normalized spacial score (nSPS) is 16.6. The van der Waals surface area contributed by atoms with Crippen LogP contribution in [-0.2, 0) is 12.7 Å². The van der Waals surface area contributed by atoms with E-state index in [9.17, 15) is 18.0 Å². The maximum Gasteiger partial charge on any atom is 0.421 e. The number of hydrogen-bond acceptors (Lipinski definition) is 8. The van der Waals surface area contributed by atoms with Gasteiger partial charge in [-0.2, -0.15) is 13.2 Å². The van der Waals surface area contributed by atoms with E-state index in [2.05, 4.69) is 37.1 Å². The predicted octanol–water partition coefficient (Wildman–Crippen LogP) is 4.91. The highest BCUT2D eigenvalue weighted by Gasteiger charge is 2.36. The first-order valence-electron chi connectivity index (χ1n) is 10.3. The summed E-state index contributed by atoms with van der Waals surface area (Å²) in [7, 11) is 1.13. The topological polar surface area (TPSA) is 93.1 Å². The van der Waals surface area contributed by atoms with Gasteiger partial charge < -0.3 is 4.74 Å². The number of aromatic nitrogens is 4. The molecule has 13 heteroatoms. The second-order valence-corrected chi connectivity index (χ2v) is 9.18. The minimum absolute atomic E-state index is 0.0290. The van der Waals surface area contributed by atoms with E-state index >= 15 is 0 Å². The first-order valence-corrected chi connectivity index (χ1v) is 11.5. The summed E-state index contributed by atoms with van der Waals surface area (Å²) >= 11 is 6.91. The van der Waals surface area contributed by atoms with Crippen molar-refractivity contribution >= 4 is 34.0 Å². The molecular formula is C21H20ClF3N6O2S. The van der Waals surface area contributed by atoms with Crippen molar-refractivity contribution in [2.24, 2.45) is 0 Å². The van der Waals surface area contributed by atoms with Crippen LogP contribution in [0.25, 0.3) is 11.3 Å². The summed E-state index contributed by atoms with van der Waals surface area (Å²) < 4.78 is 45.5. The minimum Gasteiger partial charge on any atom is -0.481 e. The van der Waals surface area contributed by atoms with E-state index < -0.39 is 23.5 Å². The van der Waals surface area contributed by atoms with Gasteiger partial charge in [-0.25, -0.2) is 19.9 Å². The molecule has 1 aliphatic heterocycles. The molecule has 0 bridgehead atoms. The second-order valence-electron chi connectivity index (χ2n) is 7.71. The number of alkyl halides is 3. The maximum absolute atomic E-state index is 13.6. The fourth-order valence-corrected chi connectivity index (χ4v) is 4.79. The van der Waals surface area contributed by atoms with Crippen LogP contribution >= 0.6 is 22.9 Å². The van der Waals surface area contributed by atoms with Crippen molar-refractivity contribution in [3.63, 3.8) is 0 Å². The summed E-state index contributed by atoms with van der Waals surface area (Å²) in [5.74, 6) is -1.08. The highest BCUT2D eigenvalue weighted by atomic mass is 35.5. The van der Waals surface area contributed by atoms with Crippen LogP contribution in [0.5, 0.6) is 5.88 Å². The number of amides is 1. The Morgan fingerprint density at radius 2 is 2.09 bits per heavy atom. The Balaban J connectivity index is 1.71. The van der Waals surface area contributed by atoms with Gasteiger partial charge in [-0.05, 0) is 32.4 Å². The van der Waals surface area contributed by atoms with Gasteiger partial charge >= 0.3 is 6.18 Å². The third-order valence-electron chi connectivity index (χ3n) is 5.43. The molecule has 1 amide bonds. The number of halogens is 4. The zero-order valence-corrected chi connectivity index (χ0v) is 19.8. The summed E-state index contributed by atoms with van der Waals surface area (Å²) in [4.78, 5) is 31.6. The van der Waals surface area contributed by atoms with Crippen LogP contribution in [0.15, 0.2) is 24.7 Å². The Labute approximate surface area is 202 Å². The van der Waals surface area contributed by atoms with Gasteiger partial charge in [0.15, 0.2) is 5.13 Å². The molecule has 0 saturated carbocycles. The van der Waals surface area contributed by atoms with Crippen LogP contribution in [0.4, 0.5) is 18.3 Å². The number of ether oxygens (including phenoxy) is 1. The Morgan fingerprint density at radius 1 is 1.29 bits per heavy atom. The number of hydrogen-bond donors (Lipinski definition) is 1. The number of thiazole rings is 1. The van der Waals surface area contributed by atoms with Crippen LogP contribution in [0, 0.1) is 0 Å². The Hall–Kier alpha value is -2.83. The van der Waals surface area contributed by atoms with Gasteiger partial charge in [-0.3, -0.25) is 15.0 Å².